The van der Waals surface area contributed by atoms with Gasteiger partial charge in [0.15, 0.2) is 0 Å². The maximum absolute atomic E-state index is 13.6. The minimum absolute atomic E-state index is 0.0135. The second kappa shape index (κ2) is 10.4. The minimum Gasteiger partial charge on any atom is -0.378 e. The fraction of sp³-hybridized carbons (Fsp3) is 0.407. The minimum atomic E-state index is -0.0135. The highest BCUT2D eigenvalue weighted by Gasteiger charge is 2.30. The Labute approximate surface area is 200 Å². The molecule has 0 bridgehead atoms. The van der Waals surface area contributed by atoms with Crippen LogP contribution in [0.15, 0.2) is 59.1 Å². The number of benzene rings is 2. The first-order chi connectivity index (χ1) is 16.7. The molecule has 2 aliphatic heterocycles. The van der Waals surface area contributed by atoms with Crippen molar-refractivity contribution >= 4 is 11.8 Å². The summed E-state index contributed by atoms with van der Waals surface area (Å²) in [7, 11) is 0. The first-order valence-corrected chi connectivity index (χ1v) is 12.0. The molecule has 0 N–H and O–H groups in total. The van der Waals surface area contributed by atoms with E-state index in [2.05, 4.69) is 29.1 Å². The zero-order chi connectivity index (χ0) is 23.3. The molecule has 34 heavy (non-hydrogen) atoms. The van der Waals surface area contributed by atoms with Crippen LogP contribution in [0.4, 0.5) is 5.88 Å². The lowest BCUT2D eigenvalue weighted by atomic mass is 10.0. The largest absolute Gasteiger partial charge is 0.378 e. The SMILES string of the molecule is Cc1cccc(-c2noc(N3CCOCC3)c2CN(CC2CCCO2)C(=O)c2ccccc2)c1. The van der Waals surface area contributed by atoms with Crippen LogP contribution in [-0.2, 0) is 16.0 Å². The Morgan fingerprint density at radius 2 is 1.91 bits per heavy atom. The quantitative estimate of drug-likeness (QED) is 0.522. The third kappa shape index (κ3) is 5.00. The van der Waals surface area contributed by atoms with Gasteiger partial charge >= 0.3 is 0 Å². The van der Waals surface area contributed by atoms with E-state index in [1.54, 1.807) is 0 Å². The number of nitrogens with zero attached hydrogens (tertiary/aromatic N) is 3. The van der Waals surface area contributed by atoms with E-state index in [0.717, 1.165) is 60.8 Å². The molecule has 1 unspecified atom stereocenters. The molecule has 2 aromatic carbocycles. The number of aryl methyl sites for hydroxylation is 1. The van der Waals surface area contributed by atoms with Gasteiger partial charge in [-0.3, -0.25) is 4.79 Å². The predicted octanol–water partition coefficient (Wildman–Crippen LogP) is 4.31. The van der Waals surface area contributed by atoms with Crippen LogP contribution in [0.3, 0.4) is 0 Å². The van der Waals surface area contributed by atoms with Gasteiger partial charge in [-0.25, -0.2) is 0 Å². The first kappa shape index (κ1) is 22.6. The van der Waals surface area contributed by atoms with E-state index < -0.39 is 0 Å². The third-order valence-electron chi connectivity index (χ3n) is 6.46. The number of rotatable bonds is 7. The van der Waals surface area contributed by atoms with Crippen LogP contribution in [0, 0.1) is 6.92 Å². The maximum atomic E-state index is 13.6. The van der Waals surface area contributed by atoms with Crippen molar-refractivity contribution in [3.8, 4) is 11.3 Å². The molecule has 3 aromatic rings. The molecule has 2 saturated heterocycles. The zero-order valence-electron chi connectivity index (χ0n) is 19.6. The third-order valence-corrected chi connectivity index (χ3v) is 6.46. The number of amides is 1. The molecule has 5 rings (SSSR count). The Morgan fingerprint density at radius 3 is 2.65 bits per heavy atom. The highest BCUT2D eigenvalue weighted by atomic mass is 16.5. The predicted molar refractivity (Wildman–Crippen MR) is 130 cm³/mol. The Bertz CT molecular complexity index is 1100. The normalized spacial score (nSPS) is 18.3. The topological polar surface area (TPSA) is 68.0 Å². The van der Waals surface area contributed by atoms with Gasteiger partial charge in [-0.05, 0) is 38.0 Å². The summed E-state index contributed by atoms with van der Waals surface area (Å²) in [6, 6.07) is 17.7. The molecule has 2 aliphatic rings. The average molecular weight is 462 g/mol. The second-order valence-corrected chi connectivity index (χ2v) is 8.97. The van der Waals surface area contributed by atoms with Gasteiger partial charge in [0.2, 0.25) is 5.88 Å². The van der Waals surface area contributed by atoms with E-state index in [1.165, 1.54) is 0 Å². The van der Waals surface area contributed by atoms with Crippen LogP contribution >= 0.6 is 0 Å². The lowest BCUT2D eigenvalue weighted by Gasteiger charge is -2.29. The highest BCUT2D eigenvalue weighted by Crippen LogP contribution is 2.34. The average Bonchev–Trinajstić information content (AvgIpc) is 3.54. The molecule has 178 valence electrons. The number of aromatic nitrogens is 1. The smallest absolute Gasteiger partial charge is 0.254 e. The van der Waals surface area contributed by atoms with Crippen molar-refractivity contribution in [3.05, 3.63) is 71.3 Å². The van der Waals surface area contributed by atoms with Crippen LogP contribution in [0.5, 0.6) is 0 Å². The summed E-state index contributed by atoms with van der Waals surface area (Å²) in [4.78, 5) is 17.7. The zero-order valence-corrected chi connectivity index (χ0v) is 19.6. The number of carbonyl (C=O) groups is 1. The van der Waals surface area contributed by atoms with Crippen molar-refractivity contribution in [1.29, 1.82) is 0 Å². The summed E-state index contributed by atoms with van der Waals surface area (Å²) < 4.78 is 17.4. The Morgan fingerprint density at radius 1 is 1.09 bits per heavy atom. The van der Waals surface area contributed by atoms with Gasteiger partial charge in [0.05, 0.1) is 31.4 Å². The van der Waals surface area contributed by atoms with Crippen molar-refractivity contribution in [3.63, 3.8) is 0 Å². The van der Waals surface area contributed by atoms with Crippen molar-refractivity contribution < 1.29 is 18.8 Å². The van der Waals surface area contributed by atoms with Crippen LogP contribution < -0.4 is 4.90 Å². The summed E-state index contributed by atoms with van der Waals surface area (Å²) >= 11 is 0. The highest BCUT2D eigenvalue weighted by molar-refractivity contribution is 5.94. The molecule has 1 atom stereocenters. The van der Waals surface area contributed by atoms with E-state index >= 15 is 0 Å². The Hall–Kier alpha value is -3.16. The molecule has 0 spiro atoms. The second-order valence-electron chi connectivity index (χ2n) is 8.97. The van der Waals surface area contributed by atoms with Crippen molar-refractivity contribution in [2.24, 2.45) is 0 Å². The van der Waals surface area contributed by atoms with Gasteiger partial charge in [0.25, 0.3) is 5.91 Å². The van der Waals surface area contributed by atoms with E-state index in [1.807, 2.05) is 47.4 Å². The van der Waals surface area contributed by atoms with E-state index in [4.69, 9.17) is 14.0 Å². The van der Waals surface area contributed by atoms with E-state index in [-0.39, 0.29) is 12.0 Å². The molecule has 0 radical (unpaired) electrons. The molecule has 7 nitrogen and oxygen atoms in total. The molecular formula is C27H31N3O4. The number of carbonyl (C=O) groups excluding carboxylic acids is 1. The fourth-order valence-electron chi connectivity index (χ4n) is 4.68. The molecule has 1 aromatic heterocycles. The number of hydrogen-bond donors (Lipinski definition) is 0. The van der Waals surface area contributed by atoms with Gasteiger partial charge in [0.1, 0.15) is 5.69 Å². The summed E-state index contributed by atoms with van der Waals surface area (Å²) in [6.07, 6.45) is 2.03. The lowest BCUT2D eigenvalue weighted by Crippen LogP contribution is -2.39. The molecule has 0 saturated carbocycles. The van der Waals surface area contributed by atoms with Crippen molar-refractivity contribution in [2.75, 3.05) is 44.4 Å². The monoisotopic (exact) mass is 461 g/mol. The van der Waals surface area contributed by atoms with E-state index in [9.17, 15) is 4.79 Å². The summed E-state index contributed by atoms with van der Waals surface area (Å²) in [6.45, 7) is 6.49. The van der Waals surface area contributed by atoms with E-state index in [0.29, 0.717) is 31.9 Å². The Kier molecular flexibility index (Phi) is 6.92. The molecule has 2 fully saturated rings. The van der Waals surface area contributed by atoms with Crippen molar-refractivity contribution in [1.82, 2.24) is 10.1 Å². The Balaban J connectivity index is 1.52. The summed E-state index contributed by atoms with van der Waals surface area (Å²) in [5, 5.41) is 4.49. The molecular weight excluding hydrogens is 430 g/mol. The number of anilines is 1. The number of ether oxygens (including phenoxy) is 2. The van der Waals surface area contributed by atoms with Crippen LogP contribution in [0.1, 0.15) is 34.3 Å². The number of hydrogen-bond acceptors (Lipinski definition) is 6. The molecule has 1 amide bonds. The van der Waals surface area contributed by atoms with Gasteiger partial charge in [-0.2, -0.15) is 0 Å². The van der Waals surface area contributed by atoms with Crippen LogP contribution in [0.25, 0.3) is 11.3 Å². The standard InChI is InChI=1S/C27H31N3O4/c1-20-7-5-10-22(17-20)25-24(27(34-28-25)29-12-15-32-16-13-29)19-30(18-23-11-6-14-33-23)26(31)21-8-3-2-4-9-21/h2-5,7-10,17,23H,6,11-16,18-19H2,1H3. The summed E-state index contributed by atoms with van der Waals surface area (Å²) in [5.74, 6) is 0.707. The maximum Gasteiger partial charge on any atom is 0.254 e. The van der Waals surface area contributed by atoms with Gasteiger partial charge < -0.3 is 23.8 Å². The van der Waals surface area contributed by atoms with Crippen LogP contribution in [-0.4, -0.2) is 61.5 Å². The van der Waals surface area contributed by atoms with Gasteiger partial charge in [-0.15, -0.1) is 0 Å². The molecule has 3 heterocycles. The summed E-state index contributed by atoms with van der Waals surface area (Å²) in [5.41, 5.74) is 4.51. The molecule has 0 aliphatic carbocycles. The number of morpholine rings is 1. The van der Waals surface area contributed by atoms with Gasteiger partial charge in [-0.1, -0.05) is 47.1 Å². The lowest BCUT2D eigenvalue weighted by molar-refractivity contribution is 0.0507. The molecule has 7 heteroatoms. The van der Waals surface area contributed by atoms with Crippen LogP contribution in [0.2, 0.25) is 0 Å². The first-order valence-electron chi connectivity index (χ1n) is 12.0. The van der Waals surface area contributed by atoms with Gasteiger partial charge in [0, 0.05) is 37.4 Å². The van der Waals surface area contributed by atoms with Crippen molar-refractivity contribution in [2.45, 2.75) is 32.4 Å². The fourth-order valence-corrected chi connectivity index (χ4v) is 4.68.